The molecule has 0 saturated heterocycles. The van der Waals surface area contributed by atoms with Crippen LogP contribution in [0.15, 0.2) is 134 Å². The first-order chi connectivity index (χ1) is 43.2. The van der Waals surface area contributed by atoms with Gasteiger partial charge in [-0.25, -0.2) is 9.13 Å². The Hall–Kier alpha value is -4.31. The van der Waals surface area contributed by atoms with Crippen LogP contribution in [0.25, 0.3) is 0 Å². The van der Waals surface area contributed by atoms with Crippen LogP contribution in [0.3, 0.4) is 0 Å². The molecule has 0 heterocycles. The lowest BCUT2D eigenvalue weighted by Crippen LogP contribution is -2.30. The highest BCUT2D eigenvalue weighted by atomic mass is 31.2. The molecule has 18 heteroatoms. The molecule has 0 aromatic rings. The molecule has 0 spiro atoms. The first kappa shape index (κ1) is 84.7. The molecule has 0 aromatic carbocycles. The minimum atomic E-state index is -4.94. The van der Waals surface area contributed by atoms with E-state index in [9.17, 15) is 43.5 Å². The molecule has 0 saturated carbocycles. The number of hydrogen-bond donors (Lipinski definition) is 4. The van der Waals surface area contributed by atoms with Crippen LogP contribution in [0.1, 0.15) is 239 Å². The number of aliphatic hydroxyl groups is 2. The molecule has 4 N–H and O–H groups in total. The minimum absolute atomic E-state index is 0.0785. The Labute approximate surface area is 537 Å². The third kappa shape index (κ3) is 65.0. The molecule has 0 aliphatic rings. The monoisotopic (exact) mass is 1290 g/mol. The molecule has 0 rings (SSSR count). The van der Waals surface area contributed by atoms with E-state index in [1.807, 2.05) is 12.2 Å². The molecule has 0 amide bonds. The van der Waals surface area contributed by atoms with Crippen LogP contribution < -0.4 is 0 Å². The van der Waals surface area contributed by atoms with Gasteiger partial charge in [0.05, 0.1) is 26.4 Å². The highest BCUT2D eigenvalue weighted by Gasteiger charge is 2.29. The second-order valence-electron chi connectivity index (χ2n) is 21.9. The summed E-state index contributed by atoms with van der Waals surface area (Å²) in [6, 6.07) is 0. The van der Waals surface area contributed by atoms with Gasteiger partial charge in [0.15, 0.2) is 6.10 Å². The van der Waals surface area contributed by atoms with Crippen LogP contribution in [0, 0.1) is 0 Å². The van der Waals surface area contributed by atoms with Crippen molar-refractivity contribution in [3.8, 4) is 0 Å². The Morgan fingerprint density at radius 1 is 0.326 bits per heavy atom. The number of phosphoric ester groups is 2. The van der Waals surface area contributed by atoms with E-state index in [1.54, 1.807) is 0 Å². The van der Waals surface area contributed by atoms with Crippen molar-refractivity contribution >= 4 is 33.6 Å². The first-order valence-corrected chi connectivity index (χ1v) is 36.5. The fourth-order valence-electron chi connectivity index (χ4n) is 8.27. The summed E-state index contributed by atoms with van der Waals surface area (Å²) in [6.07, 6.45) is 73.7. The van der Waals surface area contributed by atoms with Crippen molar-refractivity contribution in [3.05, 3.63) is 134 Å². The van der Waals surface area contributed by atoms with Crippen LogP contribution in [0.2, 0.25) is 0 Å². The van der Waals surface area contributed by atoms with Crippen LogP contribution in [0.5, 0.6) is 0 Å². The van der Waals surface area contributed by atoms with E-state index < -0.39 is 91.5 Å². The van der Waals surface area contributed by atoms with E-state index in [-0.39, 0.29) is 19.3 Å². The van der Waals surface area contributed by atoms with E-state index in [1.165, 1.54) is 38.5 Å². The van der Waals surface area contributed by atoms with E-state index in [0.717, 1.165) is 135 Å². The molecule has 5 unspecified atom stereocenters. The summed E-state index contributed by atoms with van der Waals surface area (Å²) in [5.41, 5.74) is 0. The summed E-state index contributed by atoms with van der Waals surface area (Å²) >= 11 is 0. The predicted molar refractivity (Wildman–Crippen MR) is 362 cm³/mol. The number of phosphoric acid groups is 2. The van der Waals surface area contributed by atoms with Crippen molar-refractivity contribution in [2.45, 2.75) is 257 Å². The number of rotatable bonds is 62. The minimum Gasteiger partial charge on any atom is -0.463 e. The largest absolute Gasteiger partial charge is 0.472 e. The highest BCUT2D eigenvalue weighted by molar-refractivity contribution is 7.47. The van der Waals surface area contributed by atoms with Gasteiger partial charge in [-0.05, 0) is 128 Å². The van der Waals surface area contributed by atoms with E-state index in [4.69, 9.17) is 32.3 Å². The number of allylic oxidation sites excluding steroid dienone is 22. The van der Waals surface area contributed by atoms with Gasteiger partial charge in [-0.1, -0.05) is 225 Å². The highest BCUT2D eigenvalue weighted by Crippen LogP contribution is 2.45. The second kappa shape index (κ2) is 63.8. The lowest BCUT2D eigenvalue weighted by Gasteiger charge is -2.21. The number of esters is 3. The van der Waals surface area contributed by atoms with Crippen molar-refractivity contribution in [2.75, 3.05) is 39.6 Å². The zero-order valence-electron chi connectivity index (χ0n) is 54.8. The lowest BCUT2D eigenvalue weighted by atomic mass is 10.1. The van der Waals surface area contributed by atoms with Crippen molar-refractivity contribution in [3.63, 3.8) is 0 Å². The van der Waals surface area contributed by atoms with Crippen molar-refractivity contribution in [1.29, 1.82) is 0 Å². The van der Waals surface area contributed by atoms with Gasteiger partial charge in [-0.15, -0.1) is 0 Å². The maximum absolute atomic E-state index is 12.9. The third-order valence-corrected chi connectivity index (χ3v) is 15.2. The SMILES string of the molecule is CC/C=C\C/C=C\C/C=C\C/C=C\C/C=C\CCCCCCCC(=O)OCC(O)COP(=O)(O)OCC(O)COP(=O)(O)OCC(COC(=O)CCC/C=C\C/C=C\C/C=C\C/C=C\C/C=C\CC)OC(=O)CCCCCCC/C=C\CCCCCCCC. The Balaban J connectivity index is 4.73. The van der Waals surface area contributed by atoms with Gasteiger partial charge in [-0.3, -0.25) is 32.5 Å². The quantitative estimate of drug-likeness (QED) is 0.0146. The van der Waals surface area contributed by atoms with Crippen LogP contribution in [-0.2, 0) is 55.8 Å². The summed E-state index contributed by atoms with van der Waals surface area (Å²) in [4.78, 5) is 58.3. The van der Waals surface area contributed by atoms with Crippen LogP contribution in [0.4, 0.5) is 0 Å². The van der Waals surface area contributed by atoms with E-state index in [0.29, 0.717) is 25.7 Å². The molecule has 508 valence electrons. The average molecular weight is 1290 g/mol. The molecule has 0 fully saturated rings. The van der Waals surface area contributed by atoms with Crippen molar-refractivity contribution in [2.24, 2.45) is 0 Å². The van der Waals surface area contributed by atoms with E-state index >= 15 is 0 Å². The molecular formula is C71H118O16P2. The third-order valence-electron chi connectivity index (χ3n) is 13.3. The smallest absolute Gasteiger partial charge is 0.463 e. The molecule has 0 aromatic heterocycles. The van der Waals surface area contributed by atoms with Crippen LogP contribution in [-0.4, -0.2) is 95.9 Å². The standard InChI is InChI=1S/C71H118O16P2/c1-4-7-10-13-16-19-22-25-28-30-31-32-33-35-38-39-42-45-48-51-54-57-69(74)81-60-66(72)61-83-88(77,78)84-62-67(73)63-85-89(79,80)86-65-68(87-71(76)59-56-53-50-47-44-41-36-27-24-21-18-15-12-9-6-3)64-82-70(75)58-55-52-49-46-43-40-37-34-29-26-23-20-17-14-11-8-5-2/h7-8,10-11,16-17,19-20,25-29,31-32,35-38,40,46,49,66-68,72-73H,4-6,9,12-15,18,21-24,30,33-34,39,41-45,47-48,50-65H2,1-3H3,(H,77,78)(H,79,80)/b10-7-,11-8-,19-16-,20-17-,28-25-,29-26-,32-31-,36-27-,38-35-,40-37-,49-46-. The van der Waals surface area contributed by atoms with Gasteiger partial charge in [0.25, 0.3) is 0 Å². The van der Waals surface area contributed by atoms with Gasteiger partial charge < -0.3 is 34.2 Å². The average Bonchev–Trinajstić information content (AvgIpc) is 3.63. The zero-order valence-corrected chi connectivity index (χ0v) is 56.6. The molecule has 0 aliphatic carbocycles. The maximum atomic E-state index is 12.9. The molecule has 0 bridgehead atoms. The summed E-state index contributed by atoms with van der Waals surface area (Å²) in [5, 5.41) is 20.5. The molecule has 0 radical (unpaired) electrons. The summed E-state index contributed by atoms with van der Waals surface area (Å²) in [5.74, 6) is -1.68. The van der Waals surface area contributed by atoms with Gasteiger partial charge in [-0.2, -0.15) is 0 Å². The fourth-order valence-corrected chi connectivity index (χ4v) is 9.86. The summed E-state index contributed by atoms with van der Waals surface area (Å²) in [6.45, 7) is 2.31. The first-order valence-electron chi connectivity index (χ1n) is 33.5. The number of carbonyl (C=O) groups is 3. The van der Waals surface area contributed by atoms with Crippen molar-refractivity contribution in [1.82, 2.24) is 0 Å². The topological polar surface area (TPSA) is 231 Å². The fraction of sp³-hybridized carbons (Fsp3) is 0.648. The second-order valence-corrected chi connectivity index (χ2v) is 24.8. The molecule has 5 atom stereocenters. The van der Waals surface area contributed by atoms with Gasteiger partial charge in [0, 0.05) is 19.3 Å². The van der Waals surface area contributed by atoms with Crippen molar-refractivity contribution < 1.29 is 75.8 Å². The van der Waals surface area contributed by atoms with E-state index in [2.05, 4.69) is 142 Å². The Bertz CT molecular complexity index is 2160. The number of ether oxygens (including phenoxy) is 3. The molecule has 0 aliphatic heterocycles. The number of hydrogen-bond acceptors (Lipinski definition) is 14. The Morgan fingerprint density at radius 2 is 0.607 bits per heavy atom. The predicted octanol–water partition coefficient (Wildman–Crippen LogP) is 18.4. The molecule has 89 heavy (non-hydrogen) atoms. The number of aliphatic hydroxyl groups excluding tert-OH is 2. The molecular weight excluding hydrogens is 1170 g/mol. The number of unbranched alkanes of at least 4 members (excludes halogenated alkanes) is 17. The van der Waals surface area contributed by atoms with Crippen LogP contribution >= 0.6 is 15.6 Å². The molecule has 16 nitrogen and oxygen atoms in total. The Kier molecular flexibility index (Phi) is 60.7. The summed E-state index contributed by atoms with van der Waals surface area (Å²) in [7, 11) is -9.80. The maximum Gasteiger partial charge on any atom is 0.472 e. The lowest BCUT2D eigenvalue weighted by molar-refractivity contribution is -0.161. The Morgan fingerprint density at radius 3 is 1.00 bits per heavy atom. The number of carbonyl (C=O) groups excluding carboxylic acids is 3. The van der Waals surface area contributed by atoms with Gasteiger partial charge >= 0.3 is 33.6 Å². The normalized spacial score (nSPS) is 15.1. The van der Waals surface area contributed by atoms with Gasteiger partial charge in [0.1, 0.15) is 25.4 Å². The zero-order chi connectivity index (χ0) is 65.3. The summed E-state index contributed by atoms with van der Waals surface area (Å²) < 4.78 is 60.8. The van der Waals surface area contributed by atoms with Gasteiger partial charge in [0.2, 0.25) is 0 Å².